The lowest BCUT2D eigenvalue weighted by molar-refractivity contribution is -0.0192. The van der Waals surface area contributed by atoms with Crippen LogP contribution in [0.25, 0.3) is 0 Å². The Morgan fingerprint density at radius 2 is 1.67 bits per heavy atom. The van der Waals surface area contributed by atoms with E-state index >= 15 is 0 Å². The molecule has 0 saturated heterocycles. The van der Waals surface area contributed by atoms with Gasteiger partial charge >= 0.3 is 0 Å². The third kappa shape index (κ3) is 5.02. The largest absolute Gasteiger partial charge is 0.374 e. The lowest BCUT2D eigenvalue weighted by atomic mass is 9.67. The van der Waals surface area contributed by atoms with E-state index in [2.05, 4.69) is 37.3 Å². The SMILES string of the molecule is CCCc1ccc([C@H]2CC[C@H]([C@H]3CC[C@@](C=CC#N)(OC)CC3)CC2)cc1. The van der Waals surface area contributed by atoms with Gasteiger partial charge in [0, 0.05) is 13.2 Å². The number of nitriles is 1. The second-order valence-corrected chi connectivity index (χ2v) is 8.67. The quantitative estimate of drug-likeness (QED) is 0.534. The number of benzene rings is 1. The van der Waals surface area contributed by atoms with Crippen molar-refractivity contribution in [2.45, 2.75) is 82.7 Å². The van der Waals surface area contributed by atoms with Crippen molar-refractivity contribution in [3.05, 3.63) is 47.5 Å². The highest BCUT2D eigenvalue weighted by Crippen LogP contribution is 2.45. The number of methoxy groups -OCH3 is 1. The van der Waals surface area contributed by atoms with Gasteiger partial charge in [0.15, 0.2) is 0 Å². The molecule has 0 spiro atoms. The maximum atomic E-state index is 8.83. The van der Waals surface area contributed by atoms with E-state index in [1.54, 1.807) is 18.7 Å². The zero-order valence-corrected chi connectivity index (χ0v) is 17.1. The van der Waals surface area contributed by atoms with Crippen LogP contribution < -0.4 is 0 Å². The minimum absolute atomic E-state index is 0.191. The lowest BCUT2D eigenvalue weighted by Crippen LogP contribution is -2.36. The molecule has 146 valence electrons. The first-order chi connectivity index (χ1) is 13.2. The molecule has 0 aliphatic heterocycles. The molecule has 2 fully saturated rings. The average Bonchev–Trinajstić information content (AvgIpc) is 2.74. The second-order valence-electron chi connectivity index (χ2n) is 8.67. The molecule has 0 unspecified atom stereocenters. The number of nitrogens with zero attached hydrogens (tertiary/aromatic N) is 1. The van der Waals surface area contributed by atoms with Crippen molar-refractivity contribution in [3.63, 3.8) is 0 Å². The van der Waals surface area contributed by atoms with Crippen molar-refractivity contribution in [2.75, 3.05) is 7.11 Å². The summed E-state index contributed by atoms with van der Waals surface area (Å²) in [5, 5.41) is 8.83. The van der Waals surface area contributed by atoms with Gasteiger partial charge in [-0.15, -0.1) is 0 Å². The zero-order valence-electron chi connectivity index (χ0n) is 17.1. The molecule has 0 radical (unpaired) electrons. The van der Waals surface area contributed by atoms with E-state index in [0.717, 1.165) is 30.6 Å². The van der Waals surface area contributed by atoms with E-state index in [9.17, 15) is 0 Å². The van der Waals surface area contributed by atoms with Crippen LogP contribution in [0.1, 0.15) is 81.8 Å². The number of ether oxygens (including phenoxy) is 1. The van der Waals surface area contributed by atoms with Crippen molar-refractivity contribution in [3.8, 4) is 6.07 Å². The fraction of sp³-hybridized carbons (Fsp3) is 0.640. The highest BCUT2D eigenvalue weighted by atomic mass is 16.5. The van der Waals surface area contributed by atoms with Gasteiger partial charge in [-0.3, -0.25) is 0 Å². The van der Waals surface area contributed by atoms with E-state index in [0.29, 0.717) is 0 Å². The summed E-state index contributed by atoms with van der Waals surface area (Å²) in [5.74, 6) is 2.49. The Hall–Kier alpha value is -1.59. The van der Waals surface area contributed by atoms with Crippen LogP contribution in [-0.4, -0.2) is 12.7 Å². The summed E-state index contributed by atoms with van der Waals surface area (Å²) in [7, 11) is 1.79. The molecular weight excluding hydrogens is 330 g/mol. The third-order valence-electron chi connectivity index (χ3n) is 7.17. The number of allylic oxidation sites excluding steroid dienone is 1. The Labute approximate surface area is 165 Å². The smallest absolute Gasteiger partial charge is 0.0909 e. The summed E-state index contributed by atoms with van der Waals surface area (Å²) in [6.45, 7) is 2.25. The zero-order chi connectivity index (χ0) is 19.1. The highest BCUT2D eigenvalue weighted by molar-refractivity contribution is 5.26. The van der Waals surface area contributed by atoms with Gasteiger partial charge in [-0.25, -0.2) is 0 Å². The molecule has 2 saturated carbocycles. The Morgan fingerprint density at radius 3 is 2.22 bits per heavy atom. The van der Waals surface area contributed by atoms with Gasteiger partial charge in [0.05, 0.1) is 11.7 Å². The molecule has 27 heavy (non-hydrogen) atoms. The fourth-order valence-electron chi connectivity index (χ4n) is 5.40. The summed E-state index contributed by atoms with van der Waals surface area (Å²) in [6, 6.07) is 11.6. The number of hydrogen-bond acceptors (Lipinski definition) is 2. The summed E-state index contributed by atoms with van der Waals surface area (Å²) >= 11 is 0. The first-order valence-electron chi connectivity index (χ1n) is 10.9. The van der Waals surface area contributed by atoms with Gasteiger partial charge in [-0.2, -0.15) is 5.26 Å². The standard InChI is InChI=1S/C25H35NO/c1-3-5-20-6-8-21(9-7-20)22-10-12-23(13-11-22)24-14-17-25(27-2,18-15-24)16-4-19-26/h4,6-9,16,22-24H,3,5,10-15,17-18H2,1-2H3/t22-,23-,24-,25+. The number of rotatable bonds is 6. The normalized spacial score (nSPS) is 31.7. The van der Waals surface area contributed by atoms with E-state index < -0.39 is 0 Å². The van der Waals surface area contributed by atoms with Crippen molar-refractivity contribution in [1.82, 2.24) is 0 Å². The minimum Gasteiger partial charge on any atom is -0.374 e. The van der Waals surface area contributed by atoms with Crippen molar-refractivity contribution >= 4 is 0 Å². The molecule has 0 atom stereocenters. The monoisotopic (exact) mass is 365 g/mol. The highest BCUT2D eigenvalue weighted by Gasteiger charge is 2.37. The predicted octanol–water partition coefficient (Wildman–Crippen LogP) is 6.57. The molecule has 1 aromatic rings. The summed E-state index contributed by atoms with van der Waals surface area (Å²) in [6.07, 6.45) is 16.1. The molecule has 1 aromatic carbocycles. The molecule has 2 aliphatic carbocycles. The van der Waals surface area contributed by atoms with Crippen LogP contribution >= 0.6 is 0 Å². The molecule has 2 heteroatoms. The summed E-state index contributed by atoms with van der Waals surface area (Å²) < 4.78 is 5.78. The molecule has 0 heterocycles. The molecule has 2 aliphatic rings. The number of hydrogen-bond donors (Lipinski definition) is 0. The molecule has 0 amide bonds. The summed E-state index contributed by atoms with van der Waals surface area (Å²) in [5.41, 5.74) is 2.84. The van der Waals surface area contributed by atoms with Crippen molar-refractivity contribution < 1.29 is 4.74 Å². The van der Waals surface area contributed by atoms with Gasteiger partial charge in [-0.1, -0.05) is 37.6 Å². The Balaban J connectivity index is 1.50. The van der Waals surface area contributed by atoms with Crippen LogP contribution in [0.3, 0.4) is 0 Å². The van der Waals surface area contributed by atoms with Crippen LogP contribution in [0, 0.1) is 23.2 Å². The van der Waals surface area contributed by atoms with Gasteiger partial charge < -0.3 is 4.74 Å². The topological polar surface area (TPSA) is 33.0 Å². The van der Waals surface area contributed by atoms with E-state index in [-0.39, 0.29) is 5.60 Å². The maximum Gasteiger partial charge on any atom is 0.0909 e. The van der Waals surface area contributed by atoms with Gasteiger partial charge in [0.25, 0.3) is 0 Å². The van der Waals surface area contributed by atoms with Crippen LogP contribution in [0.5, 0.6) is 0 Å². The lowest BCUT2D eigenvalue weighted by Gasteiger charge is -2.41. The Morgan fingerprint density at radius 1 is 1.04 bits per heavy atom. The van der Waals surface area contributed by atoms with Gasteiger partial charge in [-0.05, 0) is 92.7 Å². The van der Waals surface area contributed by atoms with Crippen molar-refractivity contribution in [2.24, 2.45) is 11.8 Å². The van der Waals surface area contributed by atoms with Gasteiger partial charge in [0.1, 0.15) is 0 Å². The Kier molecular flexibility index (Phi) is 7.13. The first kappa shape index (κ1) is 20.2. The fourth-order valence-corrected chi connectivity index (χ4v) is 5.40. The molecular formula is C25H35NO. The van der Waals surface area contributed by atoms with Crippen LogP contribution in [0.15, 0.2) is 36.4 Å². The average molecular weight is 366 g/mol. The van der Waals surface area contributed by atoms with E-state index in [1.165, 1.54) is 56.9 Å². The van der Waals surface area contributed by atoms with Crippen LogP contribution in [0.2, 0.25) is 0 Å². The first-order valence-corrected chi connectivity index (χ1v) is 10.9. The second kappa shape index (κ2) is 9.56. The Bertz CT molecular complexity index is 638. The summed E-state index contributed by atoms with van der Waals surface area (Å²) in [4.78, 5) is 0. The minimum atomic E-state index is -0.191. The third-order valence-corrected chi connectivity index (χ3v) is 7.17. The molecule has 3 rings (SSSR count). The van der Waals surface area contributed by atoms with Crippen LogP contribution in [-0.2, 0) is 11.2 Å². The molecule has 0 N–H and O–H groups in total. The molecule has 0 aromatic heterocycles. The number of aryl methyl sites for hydroxylation is 1. The predicted molar refractivity (Wildman–Crippen MR) is 112 cm³/mol. The van der Waals surface area contributed by atoms with Crippen molar-refractivity contribution in [1.29, 1.82) is 5.26 Å². The van der Waals surface area contributed by atoms with Crippen LogP contribution in [0.4, 0.5) is 0 Å². The van der Waals surface area contributed by atoms with E-state index in [1.807, 2.05) is 6.08 Å². The van der Waals surface area contributed by atoms with Gasteiger partial charge in [0.2, 0.25) is 0 Å². The molecule has 2 nitrogen and oxygen atoms in total. The maximum absolute atomic E-state index is 8.83. The van der Waals surface area contributed by atoms with E-state index in [4.69, 9.17) is 10.00 Å². The molecule has 0 bridgehead atoms.